The van der Waals surface area contributed by atoms with Crippen molar-refractivity contribution in [3.8, 4) is 11.1 Å². The van der Waals surface area contributed by atoms with Gasteiger partial charge in [0, 0.05) is 47.6 Å². The standard InChI is InChI=1S/C26H29FN4O/c1-3-19(12-23-17(2)14-31(26(23)32)21-8-9-21)25-22(10-11-24(27)29-25)20-13-28-30(16-20)15-18-6-4-5-7-18/h3,10-13,16,18,21H,1,4-9,14-15H2,2H3/b19-12+. The van der Waals surface area contributed by atoms with Crippen molar-refractivity contribution in [1.82, 2.24) is 19.7 Å². The van der Waals surface area contributed by atoms with E-state index in [1.807, 2.05) is 35.0 Å². The molecule has 2 saturated carbocycles. The van der Waals surface area contributed by atoms with Gasteiger partial charge in [0.1, 0.15) is 0 Å². The smallest absolute Gasteiger partial charge is 0.254 e. The lowest BCUT2D eigenvalue weighted by Gasteiger charge is -2.15. The summed E-state index contributed by atoms with van der Waals surface area (Å²) in [6, 6.07) is 3.47. The Morgan fingerprint density at radius 1 is 1.25 bits per heavy atom. The van der Waals surface area contributed by atoms with Crippen LogP contribution in [0, 0.1) is 11.9 Å². The maximum absolute atomic E-state index is 14.2. The molecule has 0 atom stereocenters. The van der Waals surface area contributed by atoms with Crippen LogP contribution in [0.1, 0.15) is 51.1 Å². The number of carbonyl (C=O) groups is 1. The normalized spacial score (nSPS) is 20.0. The molecule has 0 unspecified atom stereocenters. The average Bonchev–Trinajstić information content (AvgIpc) is 3.16. The minimum absolute atomic E-state index is 0.0479. The number of pyridine rings is 1. The summed E-state index contributed by atoms with van der Waals surface area (Å²) < 4.78 is 16.2. The van der Waals surface area contributed by atoms with Crippen molar-refractivity contribution in [2.45, 2.75) is 58.0 Å². The summed E-state index contributed by atoms with van der Waals surface area (Å²) in [5, 5.41) is 4.55. The number of carbonyl (C=O) groups excluding carboxylic acids is 1. The Bertz CT molecular complexity index is 1120. The van der Waals surface area contributed by atoms with Crippen molar-refractivity contribution < 1.29 is 9.18 Å². The highest BCUT2D eigenvalue weighted by atomic mass is 19.1. The molecule has 3 heterocycles. The lowest BCUT2D eigenvalue weighted by Crippen LogP contribution is -2.29. The van der Waals surface area contributed by atoms with Gasteiger partial charge in [-0.15, -0.1) is 0 Å². The van der Waals surface area contributed by atoms with Gasteiger partial charge in [-0.1, -0.05) is 25.5 Å². The molecule has 3 aliphatic rings. The Labute approximate surface area is 188 Å². The molecule has 5 nitrogen and oxygen atoms in total. The number of hydrogen-bond donors (Lipinski definition) is 0. The molecular formula is C26H29FN4O. The zero-order valence-electron chi connectivity index (χ0n) is 18.6. The van der Waals surface area contributed by atoms with Crippen LogP contribution in [0.25, 0.3) is 16.7 Å². The van der Waals surface area contributed by atoms with Gasteiger partial charge in [-0.05, 0) is 62.3 Å². The van der Waals surface area contributed by atoms with Gasteiger partial charge >= 0.3 is 0 Å². The minimum Gasteiger partial charge on any atom is -0.332 e. The first-order valence-corrected chi connectivity index (χ1v) is 11.6. The second kappa shape index (κ2) is 8.49. The Hall–Kier alpha value is -3.02. The fourth-order valence-corrected chi connectivity index (χ4v) is 4.94. The number of aromatic nitrogens is 3. The molecule has 1 amide bonds. The van der Waals surface area contributed by atoms with Gasteiger partial charge in [0.2, 0.25) is 5.95 Å². The number of amides is 1. The zero-order chi connectivity index (χ0) is 22.2. The van der Waals surface area contributed by atoms with E-state index in [-0.39, 0.29) is 5.91 Å². The van der Waals surface area contributed by atoms with Crippen LogP contribution in [-0.4, -0.2) is 38.2 Å². The summed E-state index contributed by atoms with van der Waals surface area (Å²) in [6.45, 7) is 7.49. The molecule has 5 rings (SSSR count). The summed E-state index contributed by atoms with van der Waals surface area (Å²) in [7, 11) is 0. The van der Waals surface area contributed by atoms with E-state index in [2.05, 4.69) is 16.7 Å². The quantitative estimate of drug-likeness (QED) is 0.448. The van der Waals surface area contributed by atoms with E-state index in [1.54, 1.807) is 12.1 Å². The summed E-state index contributed by atoms with van der Waals surface area (Å²) in [4.78, 5) is 19.1. The number of rotatable bonds is 7. The summed E-state index contributed by atoms with van der Waals surface area (Å²) in [5.74, 6) is 0.166. The van der Waals surface area contributed by atoms with Crippen molar-refractivity contribution in [3.63, 3.8) is 0 Å². The minimum atomic E-state index is -0.557. The molecule has 0 saturated heterocycles. The molecule has 6 heteroatoms. The van der Waals surface area contributed by atoms with Crippen LogP contribution in [0.4, 0.5) is 4.39 Å². The Kier molecular flexibility index (Phi) is 5.53. The Morgan fingerprint density at radius 2 is 2.03 bits per heavy atom. The van der Waals surface area contributed by atoms with E-state index < -0.39 is 5.95 Å². The Morgan fingerprint density at radius 3 is 2.75 bits per heavy atom. The SMILES string of the molecule is C=C/C(=C\C1=C(C)CN(C2CC2)C1=O)c1nc(F)ccc1-c1cnn(CC2CCCC2)c1. The number of halogens is 1. The summed E-state index contributed by atoms with van der Waals surface area (Å²) in [6.07, 6.45) is 14.5. The lowest BCUT2D eigenvalue weighted by atomic mass is 9.99. The monoisotopic (exact) mass is 432 g/mol. The molecule has 0 radical (unpaired) electrons. The van der Waals surface area contributed by atoms with Crippen molar-refractivity contribution >= 4 is 11.5 Å². The fraction of sp³-hybridized carbons (Fsp3) is 0.423. The second-order valence-electron chi connectivity index (χ2n) is 9.29. The summed E-state index contributed by atoms with van der Waals surface area (Å²) >= 11 is 0. The molecule has 32 heavy (non-hydrogen) atoms. The third-order valence-corrected chi connectivity index (χ3v) is 6.86. The van der Waals surface area contributed by atoms with E-state index in [9.17, 15) is 9.18 Å². The van der Waals surface area contributed by atoms with Crippen molar-refractivity contribution in [3.05, 3.63) is 66.0 Å². The predicted octanol–water partition coefficient (Wildman–Crippen LogP) is 5.16. The maximum atomic E-state index is 14.2. The Balaban J connectivity index is 1.48. The van der Waals surface area contributed by atoms with Crippen LogP contribution in [-0.2, 0) is 11.3 Å². The molecule has 166 valence electrons. The lowest BCUT2D eigenvalue weighted by molar-refractivity contribution is -0.125. The zero-order valence-corrected chi connectivity index (χ0v) is 18.6. The molecule has 0 bridgehead atoms. The van der Waals surface area contributed by atoms with Crippen molar-refractivity contribution in [1.29, 1.82) is 0 Å². The van der Waals surface area contributed by atoms with Crippen molar-refractivity contribution in [2.75, 3.05) is 6.54 Å². The maximum Gasteiger partial charge on any atom is 0.254 e. The van der Waals surface area contributed by atoms with Gasteiger partial charge in [0.15, 0.2) is 0 Å². The van der Waals surface area contributed by atoms with Gasteiger partial charge in [0.25, 0.3) is 5.91 Å². The number of hydrogen-bond acceptors (Lipinski definition) is 3. The molecule has 2 aliphatic carbocycles. The van der Waals surface area contributed by atoms with Crippen LogP contribution in [0.5, 0.6) is 0 Å². The van der Waals surface area contributed by atoms with Gasteiger partial charge in [-0.3, -0.25) is 9.48 Å². The van der Waals surface area contributed by atoms with Crippen LogP contribution >= 0.6 is 0 Å². The molecule has 0 aromatic carbocycles. The van der Waals surface area contributed by atoms with E-state index in [1.165, 1.54) is 31.7 Å². The second-order valence-corrected chi connectivity index (χ2v) is 9.29. The van der Waals surface area contributed by atoms with E-state index >= 15 is 0 Å². The van der Waals surface area contributed by atoms with Crippen LogP contribution in [0.3, 0.4) is 0 Å². The third kappa shape index (κ3) is 4.06. The first kappa shape index (κ1) is 20.9. The van der Waals surface area contributed by atoms with Gasteiger partial charge in [-0.2, -0.15) is 9.49 Å². The van der Waals surface area contributed by atoms with Gasteiger partial charge < -0.3 is 4.90 Å². The van der Waals surface area contributed by atoms with Gasteiger partial charge in [-0.25, -0.2) is 4.98 Å². The predicted molar refractivity (Wildman–Crippen MR) is 123 cm³/mol. The number of nitrogens with zero attached hydrogens (tertiary/aromatic N) is 4. The first-order valence-electron chi connectivity index (χ1n) is 11.6. The molecule has 0 N–H and O–H groups in total. The molecule has 0 spiro atoms. The largest absolute Gasteiger partial charge is 0.332 e. The highest BCUT2D eigenvalue weighted by Gasteiger charge is 2.38. The summed E-state index contributed by atoms with van der Waals surface area (Å²) in [5.41, 5.74) is 4.50. The fourth-order valence-electron chi connectivity index (χ4n) is 4.94. The van der Waals surface area contributed by atoms with Crippen molar-refractivity contribution in [2.24, 2.45) is 5.92 Å². The number of allylic oxidation sites excluding steroid dienone is 2. The molecule has 2 aromatic heterocycles. The van der Waals surface area contributed by atoms with E-state index in [4.69, 9.17) is 0 Å². The van der Waals surface area contributed by atoms with Crippen LogP contribution in [0.2, 0.25) is 0 Å². The van der Waals surface area contributed by atoms with Crippen LogP contribution in [0.15, 0.2) is 54.4 Å². The highest BCUT2D eigenvalue weighted by molar-refractivity contribution is 6.02. The molecule has 2 fully saturated rings. The van der Waals surface area contributed by atoms with Crippen LogP contribution < -0.4 is 0 Å². The van der Waals surface area contributed by atoms with Gasteiger partial charge in [0.05, 0.1) is 11.9 Å². The molecule has 2 aromatic rings. The van der Waals surface area contributed by atoms with E-state index in [0.29, 0.717) is 35.3 Å². The molecular weight excluding hydrogens is 403 g/mol. The topological polar surface area (TPSA) is 51.0 Å². The first-order chi connectivity index (χ1) is 15.5. The van der Waals surface area contributed by atoms with E-state index in [0.717, 1.165) is 36.1 Å². The highest BCUT2D eigenvalue weighted by Crippen LogP contribution is 2.35. The average molecular weight is 433 g/mol. The molecule has 1 aliphatic heterocycles. The third-order valence-electron chi connectivity index (χ3n) is 6.86.